The summed E-state index contributed by atoms with van der Waals surface area (Å²) in [4.78, 5) is 16.9. The molecular weight excluding hydrogens is 368 g/mol. The normalized spacial score (nSPS) is 16.8. The Labute approximate surface area is 148 Å². The quantitative estimate of drug-likeness (QED) is 0.494. The maximum atomic E-state index is 12.3. The molecule has 0 bridgehead atoms. The number of ether oxygens (including phenoxy) is 1. The Balaban J connectivity index is 1.61. The fraction of sp³-hybridized carbons (Fsp3) is 0.263. The summed E-state index contributed by atoms with van der Waals surface area (Å²) in [5.41, 5.74) is 4.13. The van der Waals surface area contributed by atoms with Crippen molar-refractivity contribution in [3.8, 4) is 0 Å². The number of hydrogen-bond donors (Lipinski definition) is 0. The fourth-order valence-electron chi connectivity index (χ4n) is 3.47. The molecule has 0 saturated heterocycles. The number of nitrogens with zero attached hydrogens (tertiary/aromatic N) is 2. The zero-order chi connectivity index (χ0) is 16.7. The van der Waals surface area contributed by atoms with Crippen molar-refractivity contribution >= 4 is 32.9 Å². The minimum Gasteiger partial charge on any atom is -0.458 e. The van der Waals surface area contributed by atoms with E-state index < -0.39 is 0 Å². The number of esters is 1. The van der Waals surface area contributed by atoms with Crippen LogP contribution in [0.4, 0.5) is 0 Å². The number of hydrogen-bond acceptors (Lipinski definition) is 3. The molecular formula is C19H17BrN2O2. The number of carbonyl (C=O) groups excluding carboxylic acids is 1. The van der Waals surface area contributed by atoms with Crippen molar-refractivity contribution < 1.29 is 9.53 Å². The highest BCUT2D eigenvalue weighted by Crippen LogP contribution is 2.32. The Morgan fingerprint density at radius 2 is 2.04 bits per heavy atom. The first kappa shape index (κ1) is 15.4. The number of pyridine rings is 1. The van der Waals surface area contributed by atoms with Gasteiger partial charge in [-0.1, -0.05) is 18.2 Å². The van der Waals surface area contributed by atoms with Crippen LogP contribution in [0.2, 0.25) is 0 Å². The minimum absolute atomic E-state index is 0.0838. The lowest BCUT2D eigenvalue weighted by molar-refractivity contribution is 0.0270. The molecule has 3 aromatic rings. The topological polar surface area (TPSA) is 44.1 Å². The molecule has 0 fully saturated rings. The maximum Gasteiger partial charge on any atom is 0.338 e. The number of rotatable bonds is 2. The van der Waals surface area contributed by atoms with E-state index in [9.17, 15) is 4.79 Å². The van der Waals surface area contributed by atoms with E-state index in [4.69, 9.17) is 4.74 Å². The summed E-state index contributed by atoms with van der Waals surface area (Å²) in [7, 11) is 2.05. The molecule has 4 nitrogen and oxygen atoms in total. The standard InChI is InChI=1S/C19H17BrN2O2/c1-22-16-9-7-13(24-19(23)12-5-3-2-4-6-12)11-15(16)14-8-10-17(20)21-18(14)22/h2-6,8,10,13H,7,9,11H2,1H3. The predicted molar refractivity (Wildman–Crippen MR) is 96.1 cm³/mol. The van der Waals surface area contributed by atoms with Gasteiger partial charge in [0, 0.05) is 24.5 Å². The van der Waals surface area contributed by atoms with Crippen LogP contribution in [0.5, 0.6) is 0 Å². The third-order valence-electron chi connectivity index (χ3n) is 4.66. The van der Waals surface area contributed by atoms with Crippen molar-refractivity contribution in [2.75, 3.05) is 0 Å². The second-order valence-electron chi connectivity index (χ2n) is 6.13. The number of fused-ring (bicyclic) bond motifs is 3. The minimum atomic E-state index is -0.245. The molecule has 1 unspecified atom stereocenters. The van der Waals surface area contributed by atoms with Gasteiger partial charge in [0.25, 0.3) is 0 Å². The number of benzene rings is 1. The zero-order valence-electron chi connectivity index (χ0n) is 13.3. The maximum absolute atomic E-state index is 12.3. The second-order valence-corrected chi connectivity index (χ2v) is 6.94. The highest BCUT2D eigenvalue weighted by atomic mass is 79.9. The van der Waals surface area contributed by atoms with Crippen molar-refractivity contribution in [1.82, 2.24) is 9.55 Å². The lowest BCUT2D eigenvalue weighted by atomic mass is 9.93. The highest BCUT2D eigenvalue weighted by molar-refractivity contribution is 9.10. The predicted octanol–water partition coefficient (Wildman–Crippen LogP) is 4.05. The van der Waals surface area contributed by atoms with E-state index in [0.717, 1.165) is 34.9 Å². The molecule has 0 N–H and O–H groups in total. The first-order valence-corrected chi connectivity index (χ1v) is 8.81. The van der Waals surface area contributed by atoms with Gasteiger partial charge >= 0.3 is 5.97 Å². The lowest BCUT2D eigenvalue weighted by Crippen LogP contribution is -2.26. The smallest absolute Gasteiger partial charge is 0.338 e. The van der Waals surface area contributed by atoms with E-state index >= 15 is 0 Å². The van der Waals surface area contributed by atoms with Gasteiger partial charge in [0.05, 0.1) is 5.56 Å². The van der Waals surface area contributed by atoms with Gasteiger partial charge in [0.2, 0.25) is 0 Å². The average Bonchev–Trinajstić information content (AvgIpc) is 2.87. The van der Waals surface area contributed by atoms with Gasteiger partial charge in [-0.3, -0.25) is 0 Å². The van der Waals surface area contributed by atoms with E-state index in [1.807, 2.05) is 24.3 Å². The Morgan fingerprint density at radius 1 is 1.25 bits per heavy atom. The van der Waals surface area contributed by atoms with E-state index in [1.165, 1.54) is 11.3 Å². The third kappa shape index (κ3) is 2.63. The molecule has 4 rings (SSSR count). The molecule has 0 radical (unpaired) electrons. The molecule has 5 heteroatoms. The van der Waals surface area contributed by atoms with E-state index in [1.54, 1.807) is 12.1 Å². The summed E-state index contributed by atoms with van der Waals surface area (Å²) in [6.45, 7) is 0. The van der Waals surface area contributed by atoms with Crippen LogP contribution in [0.1, 0.15) is 28.0 Å². The van der Waals surface area contributed by atoms with Crippen molar-refractivity contribution in [2.24, 2.45) is 7.05 Å². The van der Waals surface area contributed by atoms with Gasteiger partial charge in [0.15, 0.2) is 0 Å². The molecule has 1 aromatic carbocycles. The summed E-state index contributed by atoms with van der Waals surface area (Å²) in [5.74, 6) is -0.245. The van der Waals surface area contributed by atoms with Gasteiger partial charge in [0.1, 0.15) is 16.4 Å². The molecule has 24 heavy (non-hydrogen) atoms. The first-order chi connectivity index (χ1) is 11.6. The van der Waals surface area contributed by atoms with Crippen molar-refractivity contribution in [3.05, 3.63) is 63.9 Å². The van der Waals surface area contributed by atoms with Crippen LogP contribution in [0.25, 0.3) is 11.0 Å². The van der Waals surface area contributed by atoms with Crippen LogP contribution in [-0.4, -0.2) is 21.6 Å². The summed E-state index contributed by atoms with van der Waals surface area (Å²) in [6.07, 6.45) is 2.40. The number of carbonyl (C=O) groups is 1. The van der Waals surface area contributed by atoms with Crippen LogP contribution >= 0.6 is 15.9 Å². The zero-order valence-corrected chi connectivity index (χ0v) is 14.9. The highest BCUT2D eigenvalue weighted by Gasteiger charge is 2.27. The average molecular weight is 385 g/mol. The van der Waals surface area contributed by atoms with Crippen molar-refractivity contribution in [1.29, 1.82) is 0 Å². The number of aromatic nitrogens is 2. The summed E-state index contributed by atoms with van der Waals surface area (Å²) in [6, 6.07) is 13.2. The largest absolute Gasteiger partial charge is 0.458 e. The van der Waals surface area contributed by atoms with Crippen LogP contribution < -0.4 is 0 Å². The third-order valence-corrected chi connectivity index (χ3v) is 5.10. The Kier molecular flexibility index (Phi) is 3.88. The Morgan fingerprint density at radius 3 is 2.83 bits per heavy atom. The second kappa shape index (κ2) is 6.06. The lowest BCUT2D eigenvalue weighted by Gasteiger charge is -2.23. The molecule has 2 heterocycles. The first-order valence-electron chi connectivity index (χ1n) is 8.02. The van der Waals surface area contributed by atoms with E-state index in [0.29, 0.717) is 5.56 Å². The molecule has 1 atom stereocenters. The molecule has 1 aliphatic rings. The van der Waals surface area contributed by atoms with Gasteiger partial charge in [-0.2, -0.15) is 0 Å². The molecule has 0 spiro atoms. The van der Waals surface area contributed by atoms with Gasteiger partial charge in [-0.05, 0) is 58.6 Å². The van der Waals surface area contributed by atoms with Gasteiger partial charge < -0.3 is 9.30 Å². The van der Waals surface area contributed by atoms with Crippen molar-refractivity contribution in [3.63, 3.8) is 0 Å². The fourth-order valence-corrected chi connectivity index (χ4v) is 3.77. The molecule has 0 aliphatic heterocycles. The van der Waals surface area contributed by atoms with Crippen LogP contribution in [0.15, 0.2) is 47.1 Å². The van der Waals surface area contributed by atoms with E-state index in [2.05, 4.69) is 38.6 Å². The van der Waals surface area contributed by atoms with Crippen molar-refractivity contribution in [2.45, 2.75) is 25.4 Å². The molecule has 122 valence electrons. The van der Waals surface area contributed by atoms with Gasteiger partial charge in [-0.15, -0.1) is 0 Å². The molecule has 0 saturated carbocycles. The summed E-state index contributed by atoms with van der Waals surface area (Å²) in [5, 5.41) is 1.15. The SMILES string of the molecule is Cn1c2c(c3ccc(Br)nc31)CC(OC(=O)c1ccccc1)CC2. The van der Waals surface area contributed by atoms with E-state index in [-0.39, 0.29) is 12.1 Å². The molecule has 2 aromatic heterocycles. The number of aryl methyl sites for hydroxylation is 1. The summed E-state index contributed by atoms with van der Waals surface area (Å²) < 4.78 is 8.73. The Bertz CT molecular complexity index is 918. The number of halogens is 1. The van der Waals surface area contributed by atoms with Crippen LogP contribution in [-0.2, 0) is 24.6 Å². The molecule has 1 aliphatic carbocycles. The molecule has 0 amide bonds. The Hall–Kier alpha value is -2.14. The van der Waals surface area contributed by atoms with Crippen LogP contribution in [0, 0.1) is 0 Å². The monoisotopic (exact) mass is 384 g/mol. The van der Waals surface area contributed by atoms with Gasteiger partial charge in [-0.25, -0.2) is 9.78 Å². The van der Waals surface area contributed by atoms with Crippen LogP contribution in [0.3, 0.4) is 0 Å². The summed E-state index contributed by atoms with van der Waals surface area (Å²) >= 11 is 3.44.